The molecule has 1 aromatic carbocycles. The second kappa shape index (κ2) is 5.51. The van der Waals surface area contributed by atoms with Crippen LogP contribution in [0.5, 0.6) is 0 Å². The Morgan fingerprint density at radius 2 is 2.00 bits per heavy atom. The molecule has 2 aromatic rings. The van der Waals surface area contributed by atoms with Crippen molar-refractivity contribution in [1.82, 2.24) is 14.9 Å². The molecule has 4 heteroatoms. The molecular weight excluding hydrogens is 253 g/mol. The van der Waals surface area contributed by atoms with Crippen molar-refractivity contribution in [3.63, 3.8) is 0 Å². The number of likely N-dealkylation sites (N-methyl/N-ethyl adjacent to an activating group) is 1. The summed E-state index contributed by atoms with van der Waals surface area (Å²) >= 11 is 0. The first-order valence-corrected chi connectivity index (χ1v) is 6.69. The van der Waals surface area contributed by atoms with E-state index in [1.54, 1.807) is 18.5 Å². The third kappa shape index (κ3) is 2.60. The van der Waals surface area contributed by atoms with Gasteiger partial charge in [0.2, 0.25) is 0 Å². The molecule has 0 atom stereocenters. The zero-order valence-electron chi connectivity index (χ0n) is 11.4. The molecule has 0 radical (unpaired) electrons. The Balaban J connectivity index is 1.92. The normalized spacial score (nSPS) is 16.0. The Kier molecular flexibility index (Phi) is 3.56. The molecule has 1 aromatic heterocycles. The number of halogens is 1. The van der Waals surface area contributed by atoms with E-state index < -0.39 is 0 Å². The lowest BCUT2D eigenvalue weighted by Crippen LogP contribution is -2.23. The van der Waals surface area contributed by atoms with Gasteiger partial charge in [-0.25, -0.2) is 14.4 Å². The topological polar surface area (TPSA) is 29.0 Å². The summed E-state index contributed by atoms with van der Waals surface area (Å²) in [5, 5.41) is 0. The highest BCUT2D eigenvalue weighted by molar-refractivity contribution is 5.69. The summed E-state index contributed by atoms with van der Waals surface area (Å²) in [4.78, 5) is 10.5. The highest BCUT2D eigenvalue weighted by atomic mass is 19.1. The molecule has 0 aliphatic carbocycles. The lowest BCUT2D eigenvalue weighted by Gasteiger charge is -2.22. The van der Waals surface area contributed by atoms with E-state index in [-0.39, 0.29) is 5.82 Å². The van der Waals surface area contributed by atoms with E-state index in [2.05, 4.69) is 28.0 Å². The summed E-state index contributed by atoms with van der Waals surface area (Å²) in [6.45, 7) is 1.84. The molecule has 0 fully saturated rings. The van der Waals surface area contributed by atoms with Crippen LogP contribution in [0.3, 0.4) is 0 Å². The SMILES string of the molecule is CN1CC=C(c2ccc(-c3ncccn3)cc2F)CC1. The van der Waals surface area contributed by atoms with Crippen molar-refractivity contribution in [3.8, 4) is 11.4 Å². The second-order valence-electron chi connectivity index (χ2n) is 5.01. The van der Waals surface area contributed by atoms with Crippen molar-refractivity contribution >= 4 is 5.57 Å². The Labute approximate surface area is 117 Å². The average molecular weight is 269 g/mol. The largest absolute Gasteiger partial charge is 0.302 e. The van der Waals surface area contributed by atoms with Crippen molar-refractivity contribution in [2.24, 2.45) is 0 Å². The van der Waals surface area contributed by atoms with E-state index in [1.807, 2.05) is 12.1 Å². The fourth-order valence-electron chi connectivity index (χ4n) is 2.38. The first kappa shape index (κ1) is 12.9. The van der Waals surface area contributed by atoms with Crippen LogP contribution < -0.4 is 0 Å². The molecule has 0 amide bonds. The van der Waals surface area contributed by atoms with Gasteiger partial charge >= 0.3 is 0 Å². The zero-order valence-corrected chi connectivity index (χ0v) is 11.4. The molecule has 0 spiro atoms. The standard InChI is InChI=1S/C16H16FN3/c1-20-9-5-12(6-10-20)14-4-3-13(11-15(14)17)16-18-7-2-8-19-16/h2-5,7-8,11H,6,9-10H2,1H3. The molecule has 0 unspecified atom stereocenters. The Bertz CT molecular complexity index is 637. The summed E-state index contributed by atoms with van der Waals surface area (Å²) in [7, 11) is 2.07. The van der Waals surface area contributed by atoms with Crippen LogP contribution in [0, 0.1) is 5.82 Å². The van der Waals surface area contributed by atoms with E-state index in [0.717, 1.165) is 25.1 Å². The maximum absolute atomic E-state index is 14.3. The molecule has 0 bridgehead atoms. The van der Waals surface area contributed by atoms with Crippen molar-refractivity contribution in [3.05, 3.63) is 54.1 Å². The highest BCUT2D eigenvalue weighted by Crippen LogP contribution is 2.27. The van der Waals surface area contributed by atoms with Crippen molar-refractivity contribution in [1.29, 1.82) is 0 Å². The van der Waals surface area contributed by atoms with E-state index in [1.165, 1.54) is 6.07 Å². The van der Waals surface area contributed by atoms with Crippen LogP contribution in [0.15, 0.2) is 42.7 Å². The van der Waals surface area contributed by atoms with Gasteiger partial charge in [0.25, 0.3) is 0 Å². The number of aromatic nitrogens is 2. The molecule has 20 heavy (non-hydrogen) atoms. The minimum Gasteiger partial charge on any atom is -0.302 e. The van der Waals surface area contributed by atoms with Gasteiger partial charge in [0.05, 0.1) is 0 Å². The Morgan fingerprint density at radius 3 is 2.65 bits per heavy atom. The molecule has 2 heterocycles. The third-order valence-corrected chi connectivity index (χ3v) is 3.55. The number of hydrogen-bond donors (Lipinski definition) is 0. The van der Waals surface area contributed by atoms with Crippen LogP contribution in [0.25, 0.3) is 17.0 Å². The molecule has 102 valence electrons. The van der Waals surface area contributed by atoms with Gasteiger partial charge in [0, 0.05) is 36.6 Å². The lowest BCUT2D eigenvalue weighted by molar-refractivity contribution is 0.369. The quantitative estimate of drug-likeness (QED) is 0.839. The van der Waals surface area contributed by atoms with Gasteiger partial charge in [-0.05, 0) is 31.2 Å². The van der Waals surface area contributed by atoms with Gasteiger partial charge in [-0.3, -0.25) is 0 Å². The van der Waals surface area contributed by atoms with Gasteiger partial charge < -0.3 is 4.90 Å². The lowest BCUT2D eigenvalue weighted by atomic mass is 9.98. The summed E-state index contributed by atoms with van der Waals surface area (Å²) < 4.78 is 14.3. The molecule has 3 nitrogen and oxygen atoms in total. The van der Waals surface area contributed by atoms with Crippen LogP contribution >= 0.6 is 0 Å². The first-order chi connectivity index (χ1) is 9.74. The van der Waals surface area contributed by atoms with E-state index in [4.69, 9.17) is 0 Å². The van der Waals surface area contributed by atoms with Crippen LogP contribution in [-0.4, -0.2) is 35.0 Å². The monoisotopic (exact) mass is 269 g/mol. The first-order valence-electron chi connectivity index (χ1n) is 6.69. The average Bonchev–Trinajstić information content (AvgIpc) is 2.49. The van der Waals surface area contributed by atoms with Gasteiger partial charge in [0.1, 0.15) is 5.82 Å². The van der Waals surface area contributed by atoms with Gasteiger partial charge in [-0.2, -0.15) is 0 Å². The van der Waals surface area contributed by atoms with E-state index in [9.17, 15) is 4.39 Å². The predicted octanol–water partition coefficient (Wildman–Crippen LogP) is 3.00. The molecule has 1 aliphatic rings. The maximum Gasteiger partial charge on any atom is 0.159 e. The van der Waals surface area contributed by atoms with Crippen LogP contribution in [0.1, 0.15) is 12.0 Å². The van der Waals surface area contributed by atoms with Crippen LogP contribution in [-0.2, 0) is 0 Å². The fraction of sp³-hybridized carbons (Fsp3) is 0.250. The molecule has 3 rings (SSSR count). The van der Waals surface area contributed by atoms with Crippen molar-refractivity contribution in [2.75, 3.05) is 20.1 Å². The van der Waals surface area contributed by atoms with E-state index in [0.29, 0.717) is 17.0 Å². The minimum absolute atomic E-state index is 0.203. The third-order valence-electron chi connectivity index (χ3n) is 3.55. The summed E-state index contributed by atoms with van der Waals surface area (Å²) in [6, 6.07) is 6.98. The molecule has 0 saturated heterocycles. The second-order valence-corrected chi connectivity index (χ2v) is 5.01. The molecule has 0 saturated carbocycles. The van der Waals surface area contributed by atoms with Gasteiger partial charge in [-0.1, -0.05) is 18.2 Å². The van der Waals surface area contributed by atoms with Crippen molar-refractivity contribution < 1.29 is 4.39 Å². The van der Waals surface area contributed by atoms with E-state index >= 15 is 0 Å². The Morgan fingerprint density at radius 1 is 1.20 bits per heavy atom. The smallest absolute Gasteiger partial charge is 0.159 e. The van der Waals surface area contributed by atoms with Crippen molar-refractivity contribution in [2.45, 2.75) is 6.42 Å². The highest BCUT2D eigenvalue weighted by Gasteiger charge is 2.14. The summed E-state index contributed by atoms with van der Waals surface area (Å²) in [5.74, 6) is 0.348. The van der Waals surface area contributed by atoms with Crippen LogP contribution in [0.2, 0.25) is 0 Å². The maximum atomic E-state index is 14.3. The summed E-state index contributed by atoms with van der Waals surface area (Å²) in [5.41, 5.74) is 2.49. The molecular formula is C16H16FN3. The molecule has 0 N–H and O–H groups in total. The Hall–Kier alpha value is -2.07. The van der Waals surface area contributed by atoms with Crippen LogP contribution in [0.4, 0.5) is 4.39 Å². The number of rotatable bonds is 2. The number of benzene rings is 1. The number of hydrogen-bond acceptors (Lipinski definition) is 3. The number of nitrogens with zero attached hydrogens (tertiary/aromatic N) is 3. The fourth-order valence-corrected chi connectivity index (χ4v) is 2.38. The molecule has 1 aliphatic heterocycles. The van der Waals surface area contributed by atoms with Gasteiger partial charge in [0.15, 0.2) is 5.82 Å². The van der Waals surface area contributed by atoms with Gasteiger partial charge in [-0.15, -0.1) is 0 Å². The minimum atomic E-state index is -0.203. The predicted molar refractivity (Wildman–Crippen MR) is 77.5 cm³/mol. The zero-order chi connectivity index (χ0) is 13.9. The summed E-state index contributed by atoms with van der Waals surface area (Å²) in [6.07, 6.45) is 6.30.